The number of benzene rings is 1. The lowest BCUT2D eigenvalue weighted by Gasteiger charge is -1.96. The Labute approximate surface area is 173 Å². The first kappa shape index (κ1) is 19.7. The first-order valence-electron chi connectivity index (χ1n) is 8.84. The molecule has 0 spiro atoms. The summed E-state index contributed by atoms with van der Waals surface area (Å²) in [6.45, 7) is 1.23. The molecule has 1 amide bonds. The van der Waals surface area contributed by atoms with Crippen LogP contribution in [0.15, 0.2) is 45.4 Å². The topological polar surface area (TPSA) is 180 Å². The SMILES string of the molecule is CC(=O)c1ncc(Cn2nc(C(N)=O)c(-c3nc(C(=O)O)c(-c4ccccc4)o3)n2)o1. The van der Waals surface area contributed by atoms with Crippen molar-refractivity contribution in [2.75, 3.05) is 0 Å². The lowest BCUT2D eigenvalue weighted by molar-refractivity contribution is 0.0691. The summed E-state index contributed by atoms with van der Waals surface area (Å²) in [5.41, 5.74) is 5.11. The maximum Gasteiger partial charge on any atom is 0.358 e. The van der Waals surface area contributed by atoms with Gasteiger partial charge in [-0.1, -0.05) is 30.3 Å². The van der Waals surface area contributed by atoms with Crippen LogP contribution in [0.25, 0.3) is 22.9 Å². The van der Waals surface area contributed by atoms with Crippen molar-refractivity contribution in [1.82, 2.24) is 25.0 Å². The number of hydrogen-bond acceptors (Lipinski definition) is 9. The molecular formula is C19H14N6O6. The second-order valence-electron chi connectivity index (χ2n) is 6.35. The Morgan fingerprint density at radius 3 is 2.45 bits per heavy atom. The quantitative estimate of drug-likeness (QED) is 0.415. The summed E-state index contributed by atoms with van der Waals surface area (Å²) in [4.78, 5) is 43.8. The van der Waals surface area contributed by atoms with Gasteiger partial charge in [0, 0.05) is 12.5 Å². The van der Waals surface area contributed by atoms with Gasteiger partial charge in [-0.15, -0.1) is 10.2 Å². The lowest BCUT2D eigenvalue weighted by Crippen LogP contribution is -2.13. The highest BCUT2D eigenvalue weighted by Crippen LogP contribution is 2.30. The normalized spacial score (nSPS) is 10.9. The number of hydrogen-bond donors (Lipinski definition) is 2. The fourth-order valence-electron chi connectivity index (χ4n) is 2.76. The second-order valence-corrected chi connectivity index (χ2v) is 6.35. The van der Waals surface area contributed by atoms with E-state index in [9.17, 15) is 19.5 Å². The highest BCUT2D eigenvalue weighted by molar-refractivity contribution is 5.97. The Morgan fingerprint density at radius 1 is 1.10 bits per heavy atom. The van der Waals surface area contributed by atoms with Crippen LogP contribution in [0.3, 0.4) is 0 Å². The molecule has 0 aliphatic carbocycles. The van der Waals surface area contributed by atoms with E-state index in [1.807, 2.05) is 0 Å². The number of primary amides is 1. The fourth-order valence-corrected chi connectivity index (χ4v) is 2.76. The van der Waals surface area contributed by atoms with Crippen LogP contribution < -0.4 is 5.73 Å². The van der Waals surface area contributed by atoms with E-state index in [0.717, 1.165) is 4.80 Å². The molecule has 3 heterocycles. The minimum atomic E-state index is -1.32. The summed E-state index contributed by atoms with van der Waals surface area (Å²) in [5, 5.41) is 17.7. The summed E-state index contributed by atoms with van der Waals surface area (Å²) < 4.78 is 10.9. The Balaban J connectivity index is 1.76. The molecule has 0 fully saturated rings. The highest BCUT2D eigenvalue weighted by Gasteiger charge is 2.27. The molecule has 0 bridgehead atoms. The van der Waals surface area contributed by atoms with Crippen molar-refractivity contribution in [3.8, 4) is 22.9 Å². The van der Waals surface area contributed by atoms with Crippen molar-refractivity contribution < 1.29 is 28.3 Å². The van der Waals surface area contributed by atoms with Crippen molar-refractivity contribution in [2.24, 2.45) is 5.73 Å². The minimum absolute atomic E-state index is 0.00518. The van der Waals surface area contributed by atoms with Gasteiger partial charge >= 0.3 is 5.97 Å². The van der Waals surface area contributed by atoms with Crippen molar-refractivity contribution >= 4 is 17.7 Å². The van der Waals surface area contributed by atoms with Crippen molar-refractivity contribution in [3.05, 3.63) is 59.6 Å². The number of carboxylic acids is 1. The van der Waals surface area contributed by atoms with Crippen LogP contribution in [0, 0.1) is 0 Å². The predicted octanol–water partition coefficient (Wildman–Crippen LogP) is 1.64. The van der Waals surface area contributed by atoms with Crippen LogP contribution in [-0.2, 0) is 6.54 Å². The Bertz CT molecular complexity index is 1300. The third kappa shape index (κ3) is 3.81. The Kier molecular flexibility index (Phi) is 4.87. The van der Waals surface area contributed by atoms with Crippen molar-refractivity contribution in [3.63, 3.8) is 0 Å². The van der Waals surface area contributed by atoms with Gasteiger partial charge in [-0.25, -0.2) is 9.78 Å². The van der Waals surface area contributed by atoms with Gasteiger partial charge in [0.2, 0.25) is 5.78 Å². The largest absolute Gasteiger partial charge is 0.476 e. The smallest absolute Gasteiger partial charge is 0.358 e. The van der Waals surface area contributed by atoms with E-state index < -0.39 is 11.9 Å². The minimum Gasteiger partial charge on any atom is -0.476 e. The van der Waals surface area contributed by atoms with Gasteiger partial charge in [-0.2, -0.15) is 9.78 Å². The van der Waals surface area contributed by atoms with E-state index in [0.29, 0.717) is 5.56 Å². The monoisotopic (exact) mass is 422 g/mol. The van der Waals surface area contributed by atoms with Crippen LogP contribution >= 0.6 is 0 Å². The first-order valence-corrected chi connectivity index (χ1v) is 8.84. The van der Waals surface area contributed by atoms with Gasteiger partial charge in [-0.05, 0) is 0 Å². The molecule has 4 rings (SSSR count). The number of Topliss-reactive ketones (excluding diaryl/α,β-unsaturated/α-hetero) is 1. The number of ketones is 1. The molecule has 0 unspecified atom stereocenters. The number of amides is 1. The first-order chi connectivity index (χ1) is 14.8. The van der Waals surface area contributed by atoms with Gasteiger partial charge in [0.05, 0.1) is 6.20 Å². The number of aromatic nitrogens is 5. The van der Waals surface area contributed by atoms with E-state index in [1.54, 1.807) is 30.3 Å². The molecule has 0 aliphatic rings. The average Bonchev–Trinajstić information content (AvgIpc) is 3.46. The number of oxazole rings is 2. The molecule has 0 radical (unpaired) electrons. The number of carboxylic acid groups (broad SMARTS) is 1. The van der Waals surface area contributed by atoms with Gasteiger partial charge < -0.3 is 19.7 Å². The van der Waals surface area contributed by atoms with Gasteiger partial charge in [0.25, 0.3) is 17.7 Å². The summed E-state index contributed by atoms with van der Waals surface area (Å²) >= 11 is 0. The van der Waals surface area contributed by atoms with E-state index >= 15 is 0 Å². The summed E-state index contributed by atoms with van der Waals surface area (Å²) in [6, 6.07) is 8.49. The lowest BCUT2D eigenvalue weighted by atomic mass is 10.1. The van der Waals surface area contributed by atoms with Crippen molar-refractivity contribution in [1.29, 1.82) is 0 Å². The molecular weight excluding hydrogens is 408 g/mol. The molecule has 31 heavy (non-hydrogen) atoms. The third-order valence-corrected chi connectivity index (χ3v) is 4.11. The number of carbonyl (C=O) groups is 3. The highest BCUT2D eigenvalue weighted by atomic mass is 16.4. The average molecular weight is 422 g/mol. The molecule has 3 N–H and O–H groups in total. The number of rotatable bonds is 7. The molecule has 0 saturated carbocycles. The molecule has 12 heteroatoms. The van der Waals surface area contributed by atoms with E-state index in [1.165, 1.54) is 13.1 Å². The van der Waals surface area contributed by atoms with Gasteiger partial charge in [0.1, 0.15) is 12.3 Å². The van der Waals surface area contributed by atoms with E-state index in [-0.39, 0.29) is 52.7 Å². The Hall–Kier alpha value is -4.61. The number of carbonyl (C=O) groups excluding carboxylic acids is 2. The van der Waals surface area contributed by atoms with Crippen LogP contribution in [0.4, 0.5) is 0 Å². The number of nitrogens with two attached hydrogens (primary N) is 1. The maximum absolute atomic E-state index is 11.9. The van der Waals surface area contributed by atoms with Crippen LogP contribution in [0.2, 0.25) is 0 Å². The Morgan fingerprint density at radius 2 is 1.84 bits per heavy atom. The zero-order valence-electron chi connectivity index (χ0n) is 16.0. The summed E-state index contributed by atoms with van der Waals surface area (Å²) in [5.74, 6) is -2.66. The maximum atomic E-state index is 11.9. The molecule has 12 nitrogen and oxygen atoms in total. The van der Waals surface area contributed by atoms with Crippen LogP contribution in [-0.4, -0.2) is 47.7 Å². The molecule has 4 aromatic rings. The standard InChI is InChI=1S/C19H14N6O6/c1-9(26)17-21-7-11(30-17)8-25-23-12(16(20)27)13(24-25)18-22-14(19(28)29)15(31-18)10-5-3-2-4-6-10/h2-7H,8H2,1H3,(H2,20,27)(H,28,29). The summed E-state index contributed by atoms with van der Waals surface area (Å²) in [6.07, 6.45) is 1.32. The molecule has 0 saturated heterocycles. The second kappa shape index (κ2) is 7.67. The van der Waals surface area contributed by atoms with E-state index in [4.69, 9.17) is 14.6 Å². The fraction of sp³-hybridized carbons (Fsp3) is 0.105. The van der Waals surface area contributed by atoms with Crippen molar-refractivity contribution in [2.45, 2.75) is 13.5 Å². The van der Waals surface area contributed by atoms with Crippen LogP contribution in [0.5, 0.6) is 0 Å². The summed E-state index contributed by atoms with van der Waals surface area (Å²) in [7, 11) is 0. The molecule has 0 atom stereocenters. The van der Waals surface area contributed by atoms with E-state index in [2.05, 4.69) is 20.2 Å². The molecule has 1 aromatic carbocycles. The number of nitrogens with zero attached hydrogens (tertiary/aromatic N) is 5. The molecule has 0 aliphatic heterocycles. The zero-order chi connectivity index (χ0) is 22.1. The van der Waals surface area contributed by atoms with Crippen LogP contribution in [0.1, 0.15) is 44.3 Å². The third-order valence-electron chi connectivity index (χ3n) is 4.11. The number of aromatic carboxylic acids is 1. The van der Waals surface area contributed by atoms with Gasteiger partial charge in [-0.3, -0.25) is 9.59 Å². The van der Waals surface area contributed by atoms with Gasteiger partial charge in [0.15, 0.2) is 22.8 Å². The molecule has 3 aromatic heterocycles. The molecule has 156 valence electrons. The zero-order valence-corrected chi connectivity index (χ0v) is 16.0. The predicted molar refractivity (Wildman–Crippen MR) is 102 cm³/mol.